The Balaban J connectivity index is 1.50. The Labute approximate surface area is 196 Å². The third-order valence-corrected chi connectivity index (χ3v) is 5.46. The zero-order valence-electron chi connectivity index (χ0n) is 18.1. The summed E-state index contributed by atoms with van der Waals surface area (Å²) in [5.74, 6) is 0.338. The van der Waals surface area contributed by atoms with Gasteiger partial charge in [0.05, 0.1) is 24.2 Å². The van der Waals surface area contributed by atoms with Gasteiger partial charge in [-0.05, 0) is 60.2 Å². The molecule has 0 atom stereocenters. The molecule has 33 heavy (non-hydrogen) atoms. The zero-order valence-corrected chi connectivity index (χ0v) is 18.8. The lowest BCUT2D eigenvalue weighted by Crippen LogP contribution is -2.23. The molecule has 0 aliphatic heterocycles. The van der Waals surface area contributed by atoms with Crippen LogP contribution in [0.25, 0.3) is 16.9 Å². The highest BCUT2D eigenvalue weighted by atomic mass is 35.5. The second-order valence-corrected chi connectivity index (χ2v) is 7.98. The van der Waals surface area contributed by atoms with Crippen LogP contribution in [0.3, 0.4) is 0 Å². The van der Waals surface area contributed by atoms with Crippen LogP contribution in [0, 0.1) is 5.82 Å². The summed E-state index contributed by atoms with van der Waals surface area (Å²) in [6.45, 7) is 0.435. The number of halogens is 2. The van der Waals surface area contributed by atoms with Crippen LogP contribution in [-0.4, -0.2) is 22.8 Å². The van der Waals surface area contributed by atoms with Crippen LogP contribution in [0.1, 0.15) is 17.7 Å². The fourth-order valence-corrected chi connectivity index (χ4v) is 3.58. The van der Waals surface area contributed by atoms with Crippen LogP contribution < -0.4 is 10.1 Å². The van der Waals surface area contributed by atoms with Gasteiger partial charge in [0.25, 0.3) is 0 Å². The van der Waals surface area contributed by atoms with Crippen molar-refractivity contribution < 1.29 is 13.9 Å². The molecule has 7 heteroatoms. The molecule has 0 spiro atoms. The minimum Gasteiger partial charge on any atom is -0.497 e. The molecule has 1 N–H and O–H groups in total. The lowest BCUT2D eigenvalue weighted by atomic mass is 10.1. The largest absolute Gasteiger partial charge is 0.497 e. The van der Waals surface area contributed by atoms with E-state index in [1.54, 1.807) is 30.0 Å². The van der Waals surface area contributed by atoms with E-state index in [2.05, 4.69) is 5.32 Å². The molecule has 0 saturated carbocycles. The van der Waals surface area contributed by atoms with Gasteiger partial charge in [0.1, 0.15) is 11.6 Å². The van der Waals surface area contributed by atoms with Crippen molar-refractivity contribution in [2.45, 2.75) is 19.4 Å². The number of rotatable bonds is 8. The molecule has 0 bridgehead atoms. The molecule has 4 aromatic rings. The Morgan fingerprint density at radius 2 is 1.82 bits per heavy atom. The Morgan fingerprint density at radius 3 is 2.52 bits per heavy atom. The first kappa shape index (κ1) is 22.6. The quantitative estimate of drug-likeness (QED) is 0.370. The minimum absolute atomic E-state index is 0.0729. The standard InChI is InChI=1S/C26H23ClFN3O2/c1-33-24-12-10-23(11-13-24)31-25(19-3-2-4-21(28)15-19)16-22(30-31)9-14-26(32)29-17-18-5-7-20(27)8-6-18/h2-8,10-13,15-16H,9,14,17H2,1H3,(H,29,32). The number of benzene rings is 3. The lowest BCUT2D eigenvalue weighted by Gasteiger charge is -2.08. The van der Waals surface area contributed by atoms with Crippen LogP contribution in [0.4, 0.5) is 4.39 Å². The van der Waals surface area contributed by atoms with Gasteiger partial charge in [0.2, 0.25) is 5.91 Å². The second kappa shape index (κ2) is 10.3. The first-order valence-electron chi connectivity index (χ1n) is 10.5. The molecule has 3 aromatic carbocycles. The predicted molar refractivity (Wildman–Crippen MR) is 127 cm³/mol. The van der Waals surface area contributed by atoms with E-state index in [-0.39, 0.29) is 18.1 Å². The van der Waals surface area contributed by atoms with Gasteiger partial charge in [-0.25, -0.2) is 9.07 Å². The average molecular weight is 464 g/mol. The summed E-state index contributed by atoms with van der Waals surface area (Å²) in [5.41, 5.74) is 3.98. The topological polar surface area (TPSA) is 56.2 Å². The number of aromatic nitrogens is 2. The summed E-state index contributed by atoms with van der Waals surface area (Å²) in [6, 6.07) is 23.1. The van der Waals surface area contributed by atoms with E-state index < -0.39 is 0 Å². The molecule has 1 amide bonds. The van der Waals surface area contributed by atoms with E-state index in [4.69, 9.17) is 21.4 Å². The van der Waals surface area contributed by atoms with Crippen LogP contribution in [0.2, 0.25) is 5.02 Å². The van der Waals surface area contributed by atoms with Crippen LogP contribution in [-0.2, 0) is 17.8 Å². The van der Waals surface area contributed by atoms with Crippen molar-refractivity contribution in [3.05, 3.63) is 101 Å². The summed E-state index contributed by atoms with van der Waals surface area (Å²) in [5, 5.41) is 8.27. The Morgan fingerprint density at radius 1 is 1.06 bits per heavy atom. The van der Waals surface area contributed by atoms with Crippen LogP contribution >= 0.6 is 11.6 Å². The van der Waals surface area contributed by atoms with Crippen LogP contribution in [0.15, 0.2) is 78.9 Å². The highest BCUT2D eigenvalue weighted by molar-refractivity contribution is 6.30. The Kier molecular flexibility index (Phi) is 7.05. The third kappa shape index (κ3) is 5.79. The monoisotopic (exact) mass is 463 g/mol. The molecule has 168 valence electrons. The number of nitrogens with zero attached hydrogens (tertiary/aromatic N) is 2. The fraction of sp³-hybridized carbons (Fsp3) is 0.154. The first-order valence-corrected chi connectivity index (χ1v) is 10.9. The van der Waals surface area contributed by atoms with Gasteiger partial charge in [0, 0.05) is 30.0 Å². The van der Waals surface area contributed by atoms with Gasteiger partial charge in [-0.3, -0.25) is 4.79 Å². The lowest BCUT2D eigenvalue weighted by molar-refractivity contribution is -0.121. The molecular weight excluding hydrogens is 441 g/mol. The van der Waals surface area contributed by atoms with Crippen molar-refractivity contribution in [1.82, 2.24) is 15.1 Å². The maximum absolute atomic E-state index is 13.9. The van der Waals surface area contributed by atoms with Crippen molar-refractivity contribution in [2.24, 2.45) is 0 Å². The summed E-state index contributed by atoms with van der Waals surface area (Å²) in [6.07, 6.45) is 0.744. The van der Waals surface area contributed by atoms with E-state index in [0.29, 0.717) is 23.6 Å². The predicted octanol–water partition coefficient (Wildman–Crippen LogP) is 5.59. The number of carbonyl (C=O) groups excluding carboxylic acids is 1. The highest BCUT2D eigenvalue weighted by Crippen LogP contribution is 2.26. The number of nitrogens with one attached hydrogen (secondary N) is 1. The van der Waals surface area contributed by atoms with Crippen molar-refractivity contribution in [3.63, 3.8) is 0 Å². The summed E-state index contributed by atoms with van der Waals surface area (Å²) < 4.78 is 20.9. The number of ether oxygens (including phenoxy) is 1. The average Bonchev–Trinajstić information content (AvgIpc) is 3.27. The molecule has 4 rings (SSSR count). The molecule has 5 nitrogen and oxygen atoms in total. The minimum atomic E-state index is -0.321. The second-order valence-electron chi connectivity index (χ2n) is 7.54. The van der Waals surface area contributed by atoms with Crippen molar-refractivity contribution in [1.29, 1.82) is 0 Å². The normalized spacial score (nSPS) is 10.8. The fourth-order valence-electron chi connectivity index (χ4n) is 3.46. The van der Waals surface area contributed by atoms with Gasteiger partial charge < -0.3 is 10.1 Å². The summed E-state index contributed by atoms with van der Waals surface area (Å²) >= 11 is 5.90. The molecular formula is C26H23ClFN3O2. The Hall–Kier alpha value is -3.64. The number of hydrogen-bond donors (Lipinski definition) is 1. The van der Waals surface area contributed by atoms with Crippen molar-refractivity contribution in [3.8, 4) is 22.7 Å². The van der Waals surface area contributed by atoms with E-state index in [1.807, 2.05) is 48.5 Å². The molecule has 1 heterocycles. The van der Waals surface area contributed by atoms with E-state index in [9.17, 15) is 9.18 Å². The molecule has 0 saturated heterocycles. The van der Waals surface area contributed by atoms with Gasteiger partial charge in [-0.15, -0.1) is 0 Å². The third-order valence-electron chi connectivity index (χ3n) is 5.21. The number of amides is 1. The van der Waals surface area contributed by atoms with Gasteiger partial charge in [0.15, 0.2) is 0 Å². The number of aryl methyl sites for hydroxylation is 1. The molecule has 0 unspecified atom stereocenters. The van der Waals surface area contributed by atoms with Gasteiger partial charge in [-0.1, -0.05) is 35.9 Å². The molecule has 0 aliphatic carbocycles. The molecule has 0 fully saturated rings. The van der Waals surface area contributed by atoms with Gasteiger partial charge >= 0.3 is 0 Å². The molecule has 1 aromatic heterocycles. The maximum Gasteiger partial charge on any atom is 0.220 e. The smallest absolute Gasteiger partial charge is 0.220 e. The van der Waals surface area contributed by atoms with Crippen LogP contribution in [0.5, 0.6) is 5.75 Å². The number of methoxy groups -OCH3 is 1. The first-order chi connectivity index (χ1) is 16.0. The van der Waals surface area contributed by atoms with E-state index >= 15 is 0 Å². The zero-order chi connectivity index (χ0) is 23.2. The SMILES string of the molecule is COc1ccc(-n2nc(CCC(=O)NCc3ccc(Cl)cc3)cc2-c2cccc(F)c2)cc1. The van der Waals surface area contributed by atoms with E-state index in [0.717, 1.165) is 28.4 Å². The Bertz CT molecular complexity index is 1240. The summed E-state index contributed by atoms with van der Waals surface area (Å²) in [4.78, 5) is 12.4. The van der Waals surface area contributed by atoms with E-state index in [1.165, 1.54) is 12.1 Å². The maximum atomic E-state index is 13.9. The summed E-state index contributed by atoms with van der Waals surface area (Å²) in [7, 11) is 1.61. The number of carbonyl (C=O) groups is 1. The van der Waals surface area contributed by atoms with Gasteiger partial charge in [-0.2, -0.15) is 5.10 Å². The number of hydrogen-bond acceptors (Lipinski definition) is 3. The van der Waals surface area contributed by atoms with Crippen molar-refractivity contribution in [2.75, 3.05) is 7.11 Å². The highest BCUT2D eigenvalue weighted by Gasteiger charge is 2.14. The molecule has 0 radical (unpaired) electrons. The molecule has 0 aliphatic rings. The van der Waals surface area contributed by atoms with Crippen molar-refractivity contribution >= 4 is 17.5 Å².